The number of nitrogen functional groups attached to an aromatic ring is 1. The third-order valence-corrected chi connectivity index (χ3v) is 1.81. The topological polar surface area (TPSA) is 78.1 Å². The quantitative estimate of drug-likeness (QED) is 0.474. The van der Waals surface area contributed by atoms with Crippen molar-refractivity contribution in [2.45, 2.75) is 13.3 Å². The van der Waals surface area contributed by atoms with Gasteiger partial charge in [-0.25, -0.2) is 4.98 Å². The van der Waals surface area contributed by atoms with Crippen LogP contribution in [0.25, 0.3) is 0 Å². The van der Waals surface area contributed by atoms with Gasteiger partial charge in [0.2, 0.25) is 5.95 Å². The molecule has 1 heterocycles. The summed E-state index contributed by atoms with van der Waals surface area (Å²) in [6.07, 6.45) is 1.41. The molecule has 0 amide bonds. The first-order chi connectivity index (χ1) is 7.63. The van der Waals surface area contributed by atoms with Crippen LogP contribution in [0, 0.1) is 11.8 Å². The van der Waals surface area contributed by atoms with Crippen LogP contribution in [0.1, 0.15) is 18.9 Å². The summed E-state index contributed by atoms with van der Waals surface area (Å²) in [5, 5.41) is 0.170. The van der Waals surface area contributed by atoms with Crippen LogP contribution in [0.15, 0.2) is 6.20 Å². The number of carbonyl (C=O) groups is 1. The summed E-state index contributed by atoms with van der Waals surface area (Å²) in [6, 6.07) is 0. The molecule has 0 aliphatic rings. The number of hydrogen-bond donors (Lipinski definition) is 1. The van der Waals surface area contributed by atoms with Gasteiger partial charge in [0.05, 0.1) is 12.2 Å². The Morgan fingerprint density at radius 1 is 1.69 bits per heavy atom. The van der Waals surface area contributed by atoms with Crippen molar-refractivity contribution in [3.8, 4) is 11.8 Å². The second-order valence-corrected chi connectivity index (χ2v) is 3.07. The molecule has 0 atom stereocenters. The molecule has 0 aliphatic heterocycles. The predicted octanol–water partition coefficient (Wildman–Crippen LogP) is 1.02. The summed E-state index contributed by atoms with van der Waals surface area (Å²) in [6.45, 7) is 2.07. The SMILES string of the molecule is CCOC(=O)CC#Cc1cnc(N)nc1Cl. The minimum Gasteiger partial charge on any atom is -0.465 e. The van der Waals surface area contributed by atoms with Crippen LogP contribution in [-0.4, -0.2) is 22.5 Å². The van der Waals surface area contributed by atoms with E-state index in [1.165, 1.54) is 6.20 Å². The maximum Gasteiger partial charge on any atom is 0.317 e. The van der Waals surface area contributed by atoms with Gasteiger partial charge < -0.3 is 10.5 Å². The van der Waals surface area contributed by atoms with Crippen LogP contribution in [0.3, 0.4) is 0 Å². The summed E-state index contributed by atoms with van der Waals surface area (Å²) >= 11 is 5.76. The van der Waals surface area contributed by atoms with E-state index in [-0.39, 0.29) is 23.5 Å². The summed E-state index contributed by atoms with van der Waals surface area (Å²) in [5.74, 6) is 4.99. The van der Waals surface area contributed by atoms with Crippen molar-refractivity contribution in [3.05, 3.63) is 16.9 Å². The molecule has 16 heavy (non-hydrogen) atoms. The third kappa shape index (κ3) is 3.75. The molecule has 0 fully saturated rings. The lowest BCUT2D eigenvalue weighted by atomic mass is 10.3. The molecule has 0 saturated heterocycles. The lowest BCUT2D eigenvalue weighted by Crippen LogP contribution is -2.01. The fourth-order valence-electron chi connectivity index (χ4n) is 0.881. The van der Waals surface area contributed by atoms with Gasteiger partial charge in [-0.15, -0.1) is 0 Å². The van der Waals surface area contributed by atoms with Crippen LogP contribution < -0.4 is 5.73 Å². The summed E-state index contributed by atoms with van der Waals surface area (Å²) in [5.41, 5.74) is 5.75. The fraction of sp³-hybridized carbons (Fsp3) is 0.300. The molecule has 0 bridgehead atoms. The van der Waals surface area contributed by atoms with Gasteiger partial charge >= 0.3 is 5.97 Å². The molecular formula is C10H10ClN3O2. The van der Waals surface area contributed by atoms with Gasteiger partial charge in [0.15, 0.2) is 0 Å². The highest BCUT2D eigenvalue weighted by Crippen LogP contribution is 2.10. The lowest BCUT2D eigenvalue weighted by molar-refractivity contribution is -0.141. The maximum absolute atomic E-state index is 11.0. The monoisotopic (exact) mass is 239 g/mol. The number of ether oxygens (including phenoxy) is 1. The number of anilines is 1. The lowest BCUT2D eigenvalue weighted by Gasteiger charge is -1.96. The predicted molar refractivity (Wildman–Crippen MR) is 59.6 cm³/mol. The van der Waals surface area contributed by atoms with Crippen molar-refractivity contribution in [1.82, 2.24) is 9.97 Å². The van der Waals surface area contributed by atoms with Gasteiger partial charge in [-0.3, -0.25) is 4.79 Å². The van der Waals surface area contributed by atoms with Crippen molar-refractivity contribution in [2.24, 2.45) is 0 Å². The zero-order valence-electron chi connectivity index (χ0n) is 8.66. The van der Waals surface area contributed by atoms with E-state index in [9.17, 15) is 4.79 Å². The molecule has 0 saturated carbocycles. The third-order valence-electron chi connectivity index (χ3n) is 1.52. The molecule has 1 aromatic rings. The van der Waals surface area contributed by atoms with Gasteiger partial charge in [-0.1, -0.05) is 23.4 Å². The molecule has 1 rings (SSSR count). The average Bonchev–Trinajstić information content (AvgIpc) is 2.22. The first-order valence-corrected chi connectivity index (χ1v) is 4.93. The van der Waals surface area contributed by atoms with Gasteiger partial charge in [0, 0.05) is 6.20 Å². The average molecular weight is 240 g/mol. The Morgan fingerprint density at radius 2 is 2.44 bits per heavy atom. The number of nitrogens with zero attached hydrogens (tertiary/aromatic N) is 2. The Kier molecular flexibility index (Phi) is 4.55. The van der Waals surface area contributed by atoms with Crippen molar-refractivity contribution in [3.63, 3.8) is 0 Å². The van der Waals surface area contributed by atoms with Crippen molar-refractivity contribution >= 4 is 23.5 Å². The van der Waals surface area contributed by atoms with Crippen molar-refractivity contribution in [1.29, 1.82) is 0 Å². The van der Waals surface area contributed by atoms with Crippen LogP contribution in [0.5, 0.6) is 0 Å². The highest BCUT2D eigenvalue weighted by molar-refractivity contribution is 6.30. The highest BCUT2D eigenvalue weighted by atomic mass is 35.5. The molecule has 0 aliphatic carbocycles. The Hall–Kier alpha value is -1.80. The molecule has 0 unspecified atom stereocenters. The Morgan fingerprint density at radius 3 is 3.06 bits per heavy atom. The first-order valence-electron chi connectivity index (χ1n) is 4.56. The number of halogens is 1. The number of nitrogens with two attached hydrogens (primary N) is 1. The summed E-state index contributed by atoms with van der Waals surface area (Å²) < 4.78 is 4.70. The smallest absolute Gasteiger partial charge is 0.317 e. The Labute approximate surface area is 98.0 Å². The minimum atomic E-state index is -0.373. The van der Waals surface area contributed by atoms with Crippen molar-refractivity contribution < 1.29 is 9.53 Å². The van der Waals surface area contributed by atoms with E-state index in [0.29, 0.717) is 12.2 Å². The summed E-state index contributed by atoms with van der Waals surface area (Å²) in [4.78, 5) is 18.4. The molecule has 1 aromatic heterocycles. The van der Waals surface area contributed by atoms with Gasteiger partial charge in [0.1, 0.15) is 11.6 Å². The second kappa shape index (κ2) is 5.93. The Bertz CT molecular complexity index is 451. The zero-order chi connectivity index (χ0) is 12.0. The molecule has 2 N–H and O–H groups in total. The normalized spacial score (nSPS) is 9.12. The summed E-state index contributed by atoms with van der Waals surface area (Å²) in [7, 11) is 0. The van der Waals surface area contributed by atoms with Gasteiger partial charge in [-0.05, 0) is 6.92 Å². The van der Waals surface area contributed by atoms with Crippen LogP contribution in [0.2, 0.25) is 5.15 Å². The largest absolute Gasteiger partial charge is 0.465 e. The number of aromatic nitrogens is 2. The zero-order valence-corrected chi connectivity index (χ0v) is 9.41. The Balaban J connectivity index is 2.66. The van der Waals surface area contributed by atoms with E-state index in [4.69, 9.17) is 22.1 Å². The van der Waals surface area contributed by atoms with Crippen LogP contribution >= 0.6 is 11.6 Å². The standard InChI is InChI=1S/C10H10ClN3O2/c1-2-16-8(15)5-3-4-7-6-13-10(12)14-9(7)11/h6H,2,5H2,1H3,(H2,12,13,14). The number of rotatable bonds is 2. The molecule has 5 nitrogen and oxygen atoms in total. The second-order valence-electron chi connectivity index (χ2n) is 2.72. The first kappa shape index (κ1) is 12.3. The molecule has 0 spiro atoms. The molecule has 6 heteroatoms. The van der Waals surface area contributed by atoms with E-state index in [1.54, 1.807) is 6.92 Å². The molecule has 84 valence electrons. The van der Waals surface area contributed by atoms with Crippen LogP contribution in [-0.2, 0) is 9.53 Å². The van der Waals surface area contributed by atoms with E-state index < -0.39 is 0 Å². The number of carbonyl (C=O) groups excluding carboxylic acids is 1. The number of hydrogen-bond acceptors (Lipinski definition) is 5. The van der Waals surface area contributed by atoms with Gasteiger partial charge in [-0.2, -0.15) is 4.98 Å². The van der Waals surface area contributed by atoms with Crippen LogP contribution in [0.4, 0.5) is 5.95 Å². The van der Waals surface area contributed by atoms with E-state index in [1.807, 2.05) is 0 Å². The van der Waals surface area contributed by atoms with E-state index in [0.717, 1.165) is 0 Å². The van der Waals surface area contributed by atoms with E-state index in [2.05, 4.69) is 21.8 Å². The molecule has 0 radical (unpaired) electrons. The molecular weight excluding hydrogens is 230 g/mol. The van der Waals surface area contributed by atoms with Gasteiger partial charge in [0.25, 0.3) is 0 Å². The fourth-order valence-corrected chi connectivity index (χ4v) is 1.06. The van der Waals surface area contributed by atoms with Crippen molar-refractivity contribution in [2.75, 3.05) is 12.3 Å². The minimum absolute atomic E-state index is 0.00848. The van der Waals surface area contributed by atoms with E-state index >= 15 is 0 Å². The maximum atomic E-state index is 11.0. The highest BCUT2D eigenvalue weighted by Gasteiger charge is 2.00. The molecule has 0 aromatic carbocycles. The number of esters is 1.